The van der Waals surface area contributed by atoms with Gasteiger partial charge in [-0.3, -0.25) is 4.79 Å². The third-order valence-corrected chi connectivity index (χ3v) is 4.08. The van der Waals surface area contributed by atoms with E-state index in [0.717, 1.165) is 5.56 Å². The lowest BCUT2D eigenvalue weighted by Crippen LogP contribution is -2.47. The molecule has 126 valence electrons. The summed E-state index contributed by atoms with van der Waals surface area (Å²) in [7, 11) is 3.20. The highest BCUT2D eigenvalue weighted by molar-refractivity contribution is 7.82. The molecule has 0 aromatic heterocycles. The molecule has 23 heavy (non-hydrogen) atoms. The van der Waals surface area contributed by atoms with Crippen LogP contribution in [0.5, 0.6) is 11.5 Å². The quantitative estimate of drug-likeness (QED) is 0.809. The number of ether oxygens (including phenoxy) is 3. The van der Waals surface area contributed by atoms with Crippen molar-refractivity contribution in [2.75, 3.05) is 47.1 Å². The maximum absolute atomic E-state index is 12.1. The normalized spacial score (nSPS) is 14.3. The van der Waals surface area contributed by atoms with Crippen molar-refractivity contribution < 1.29 is 19.0 Å². The largest absolute Gasteiger partial charge is 0.493 e. The summed E-state index contributed by atoms with van der Waals surface area (Å²) in [6.45, 7) is 3.07. The fourth-order valence-electron chi connectivity index (χ4n) is 2.34. The van der Waals surface area contributed by atoms with Gasteiger partial charge in [-0.15, -0.1) is 0 Å². The van der Waals surface area contributed by atoms with E-state index < -0.39 is 0 Å². The number of rotatable bonds is 5. The molecule has 7 heteroatoms. The van der Waals surface area contributed by atoms with E-state index in [0.29, 0.717) is 55.8 Å². The van der Waals surface area contributed by atoms with E-state index in [9.17, 15) is 4.79 Å². The van der Waals surface area contributed by atoms with E-state index in [2.05, 4.69) is 5.32 Å². The highest BCUT2D eigenvalue weighted by Crippen LogP contribution is 2.27. The van der Waals surface area contributed by atoms with E-state index in [-0.39, 0.29) is 5.91 Å². The summed E-state index contributed by atoms with van der Waals surface area (Å²) in [5, 5.41) is 2.86. The average Bonchev–Trinajstić information content (AvgIpc) is 2.61. The molecule has 1 aliphatic heterocycles. The van der Waals surface area contributed by atoms with Crippen LogP contribution >= 0.6 is 12.2 Å². The van der Waals surface area contributed by atoms with Gasteiger partial charge in [-0.05, 0) is 24.1 Å². The Hall–Kier alpha value is -1.86. The van der Waals surface area contributed by atoms with Crippen molar-refractivity contribution in [3.63, 3.8) is 0 Å². The van der Waals surface area contributed by atoms with Gasteiger partial charge in [-0.25, -0.2) is 0 Å². The summed E-state index contributed by atoms with van der Waals surface area (Å²) < 4.78 is 15.7. The summed E-state index contributed by atoms with van der Waals surface area (Å²) in [6, 6.07) is 5.72. The number of nitrogens with zero attached hydrogens (tertiary/aromatic N) is 1. The Balaban J connectivity index is 1.82. The topological polar surface area (TPSA) is 60.0 Å². The number of hydrogen-bond acceptors (Lipinski definition) is 5. The molecule has 1 aromatic rings. The summed E-state index contributed by atoms with van der Waals surface area (Å²) in [5.41, 5.74) is 1.06. The van der Waals surface area contributed by atoms with Gasteiger partial charge in [-0.2, -0.15) is 0 Å². The Morgan fingerprint density at radius 2 is 1.96 bits per heavy atom. The Morgan fingerprint density at radius 3 is 2.61 bits per heavy atom. The Bertz CT molecular complexity index is 559. The lowest BCUT2D eigenvalue weighted by molar-refractivity contribution is -0.115. The maximum atomic E-state index is 12.1. The first-order valence-corrected chi connectivity index (χ1v) is 7.92. The molecule has 0 unspecified atom stereocenters. The molecule has 1 N–H and O–H groups in total. The van der Waals surface area contributed by atoms with E-state index in [1.807, 2.05) is 23.1 Å². The molecule has 0 saturated carbocycles. The van der Waals surface area contributed by atoms with Gasteiger partial charge >= 0.3 is 0 Å². The van der Waals surface area contributed by atoms with Crippen LogP contribution in [0.25, 0.3) is 0 Å². The van der Waals surface area contributed by atoms with Crippen LogP contribution in [0, 0.1) is 0 Å². The van der Waals surface area contributed by atoms with E-state index in [4.69, 9.17) is 26.4 Å². The molecular formula is C16H22N2O4S. The number of carbonyl (C=O) groups is 1. The minimum atomic E-state index is -0.206. The summed E-state index contributed by atoms with van der Waals surface area (Å²) in [4.78, 5) is 14.3. The predicted molar refractivity (Wildman–Crippen MR) is 91.2 cm³/mol. The molecule has 1 aromatic carbocycles. The highest BCUT2D eigenvalue weighted by atomic mass is 32.1. The standard InChI is InChI=1S/C16H22N2O4S/c1-20-13-4-3-12(11-14(13)21-2)5-6-17-15(19)16(23)18-7-9-22-10-8-18/h3-4,11H,5-10H2,1-2H3,(H,17,19). The van der Waals surface area contributed by atoms with Gasteiger partial charge in [-0.1, -0.05) is 18.3 Å². The second kappa shape index (κ2) is 8.69. The van der Waals surface area contributed by atoms with Crippen LogP contribution in [0.3, 0.4) is 0 Å². The van der Waals surface area contributed by atoms with Crippen LogP contribution in [0.1, 0.15) is 5.56 Å². The number of thiocarbonyl (C=S) groups is 1. The fourth-order valence-corrected chi connectivity index (χ4v) is 2.60. The SMILES string of the molecule is COc1ccc(CCNC(=O)C(=S)N2CCOCC2)cc1OC. The third kappa shape index (κ3) is 4.80. The summed E-state index contributed by atoms with van der Waals surface area (Å²) in [5.74, 6) is 1.16. The molecule has 1 aliphatic rings. The number of benzene rings is 1. The zero-order valence-corrected chi connectivity index (χ0v) is 14.3. The van der Waals surface area contributed by atoms with Crippen molar-refractivity contribution in [1.82, 2.24) is 10.2 Å². The fraction of sp³-hybridized carbons (Fsp3) is 0.500. The minimum absolute atomic E-state index is 0.206. The number of morpholine rings is 1. The lowest BCUT2D eigenvalue weighted by Gasteiger charge is -2.28. The van der Waals surface area contributed by atoms with E-state index >= 15 is 0 Å². The van der Waals surface area contributed by atoms with Crippen molar-refractivity contribution in [2.24, 2.45) is 0 Å². The van der Waals surface area contributed by atoms with Gasteiger partial charge in [0.15, 0.2) is 16.5 Å². The molecule has 0 aliphatic carbocycles. The van der Waals surface area contributed by atoms with E-state index in [1.54, 1.807) is 14.2 Å². The number of amides is 1. The Labute approximate surface area is 141 Å². The minimum Gasteiger partial charge on any atom is -0.493 e. The molecule has 0 atom stereocenters. The molecule has 0 bridgehead atoms. The number of hydrogen-bond donors (Lipinski definition) is 1. The van der Waals surface area contributed by atoms with Gasteiger partial charge in [0.25, 0.3) is 5.91 Å². The molecule has 6 nitrogen and oxygen atoms in total. The number of nitrogens with one attached hydrogen (secondary N) is 1. The van der Waals surface area contributed by atoms with Crippen molar-refractivity contribution in [3.05, 3.63) is 23.8 Å². The van der Waals surface area contributed by atoms with Crippen molar-refractivity contribution in [2.45, 2.75) is 6.42 Å². The first-order valence-electron chi connectivity index (χ1n) is 7.51. The average molecular weight is 338 g/mol. The molecule has 1 fully saturated rings. The van der Waals surface area contributed by atoms with Crippen LogP contribution in [-0.2, 0) is 16.0 Å². The Kier molecular flexibility index (Phi) is 6.61. The molecule has 1 heterocycles. The van der Waals surface area contributed by atoms with Crippen molar-refractivity contribution in [3.8, 4) is 11.5 Å². The first kappa shape index (κ1) is 17.5. The molecule has 0 radical (unpaired) electrons. The second-order valence-corrected chi connectivity index (χ2v) is 5.49. The molecule has 1 amide bonds. The van der Waals surface area contributed by atoms with Crippen LogP contribution in [-0.4, -0.2) is 62.9 Å². The van der Waals surface area contributed by atoms with E-state index in [1.165, 1.54) is 0 Å². The predicted octanol–water partition coefficient (Wildman–Crippen LogP) is 1.02. The van der Waals surface area contributed by atoms with Crippen LogP contribution < -0.4 is 14.8 Å². The summed E-state index contributed by atoms with van der Waals surface area (Å²) in [6.07, 6.45) is 0.692. The second-order valence-electron chi connectivity index (χ2n) is 5.10. The van der Waals surface area contributed by atoms with Gasteiger partial charge in [0.2, 0.25) is 0 Å². The van der Waals surface area contributed by atoms with Crippen molar-refractivity contribution in [1.29, 1.82) is 0 Å². The smallest absolute Gasteiger partial charge is 0.278 e. The number of methoxy groups -OCH3 is 2. The first-order chi connectivity index (χ1) is 11.2. The van der Waals surface area contributed by atoms with Gasteiger partial charge in [0.1, 0.15) is 0 Å². The number of carbonyl (C=O) groups excluding carboxylic acids is 1. The zero-order chi connectivity index (χ0) is 16.7. The molecular weight excluding hydrogens is 316 g/mol. The monoisotopic (exact) mass is 338 g/mol. The maximum Gasteiger partial charge on any atom is 0.278 e. The van der Waals surface area contributed by atoms with Crippen LogP contribution in [0.15, 0.2) is 18.2 Å². The molecule has 0 spiro atoms. The third-order valence-electron chi connectivity index (χ3n) is 3.64. The molecule has 2 rings (SSSR count). The van der Waals surface area contributed by atoms with Crippen LogP contribution in [0.2, 0.25) is 0 Å². The van der Waals surface area contributed by atoms with Gasteiger partial charge in [0, 0.05) is 19.6 Å². The van der Waals surface area contributed by atoms with Crippen LogP contribution in [0.4, 0.5) is 0 Å². The highest BCUT2D eigenvalue weighted by Gasteiger charge is 2.19. The lowest BCUT2D eigenvalue weighted by atomic mass is 10.1. The zero-order valence-electron chi connectivity index (χ0n) is 13.5. The van der Waals surface area contributed by atoms with Gasteiger partial charge in [0.05, 0.1) is 27.4 Å². The molecule has 1 saturated heterocycles. The van der Waals surface area contributed by atoms with Crippen molar-refractivity contribution >= 4 is 23.1 Å². The van der Waals surface area contributed by atoms with Gasteiger partial charge < -0.3 is 24.4 Å². The summed E-state index contributed by atoms with van der Waals surface area (Å²) >= 11 is 5.22. The Morgan fingerprint density at radius 1 is 1.26 bits per heavy atom.